The minimum absolute atomic E-state index is 0.199. The molecule has 1 amide bonds. The number of benzene rings is 1. The fourth-order valence-electron chi connectivity index (χ4n) is 2.72. The number of carbonyl (C=O) groups is 1. The summed E-state index contributed by atoms with van der Waals surface area (Å²) in [5, 5.41) is 0. The van der Waals surface area contributed by atoms with Crippen molar-refractivity contribution in [1.82, 2.24) is 14.9 Å². The van der Waals surface area contributed by atoms with Crippen LogP contribution in [0, 0.1) is 0 Å². The second-order valence-electron chi connectivity index (χ2n) is 5.75. The number of nitrogens with zero attached hydrogens (tertiary/aromatic N) is 3. The van der Waals surface area contributed by atoms with E-state index in [0.29, 0.717) is 24.5 Å². The molecule has 0 saturated carbocycles. The minimum atomic E-state index is -4.76. The summed E-state index contributed by atoms with van der Waals surface area (Å²) in [4.78, 5) is 22.0. The van der Waals surface area contributed by atoms with E-state index in [4.69, 9.17) is 4.74 Å². The topological polar surface area (TPSA) is 64.5 Å². The van der Waals surface area contributed by atoms with Gasteiger partial charge in [0.25, 0.3) is 5.91 Å². The highest BCUT2D eigenvalue weighted by Crippen LogP contribution is 2.24. The highest BCUT2D eigenvalue weighted by molar-refractivity contribution is 5.94. The molecule has 1 aromatic carbocycles. The van der Waals surface area contributed by atoms with E-state index < -0.39 is 6.36 Å². The molecule has 26 heavy (non-hydrogen) atoms. The number of aromatic nitrogens is 2. The molecule has 0 N–H and O–H groups in total. The Hall–Kier alpha value is -2.84. The van der Waals surface area contributed by atoms with E-state index in [1.807, 2.05) is 0 Å². The number of halogens is 3. The maximum absolute atomic E-state index is 12.6. The highest BCUT2D eigenvalue weighted by atomic mass is 19.4. The predicted molar refractivity (Wildman–Crippen MR) is 84.7 cm³/mol. The maximum Gasteiger partial charge on any atom is 0.573 e. The van der Waals surface area contributed by atoms with Gasteiger partial charge in [-0.15, -0.1) is 13.2 Å². The number of likely N-dealkylation sites (tertiary alicyclic amines) is 1. The molecular formula is C17H16F3N3O3. The molecule has 1 saturated heterocycles. The molecule has 1 aromatic heterocycles. The van der Waals surface area contributed by atoms with Crippen molar-refractivity contribution in [3.63, 3.8) is 0 Å². The number of hydrogen-bond acceptors (Lipinski definition) is 5. The predicted octanol–water partition coefficient (Wildman–Crippen LogP) is 3.06. The van der Waals surface area contributed by atoms with Gasteiger partial charge in [0.2, 0.25) is 5.88 Å². The third-order valence-corrected chi connectivity index (χ3v) is 3.84. The molecule has 0 spiro atoms. The first-order valence-corrected chi connectivity index (χ1v) is 7.98. The summed E-state index contributed by atoms with van der Waals surface area (Å²) in [6, 6.07) is 6.52. The van der Waals surface area contributed by atoms with E-state index >= 15 is 0 Å². The van der Waals surface area contributed by atoms with Crippen molar-refractivity contribution in [3.8, 4) is 11.6 Å². The molecule has 3 rings (SSSR count). The Morgan fingerprint density at radius 2 is 1.96 bits per heavy atom. The fraction of sp³-hybridized carbons (Fsp3) is 0.353. The van der Waals surface area contributed by atoms with E-state index in [1.165, 1.54) is 18.5 Å². The molecule has 6 nitrogen and oxygen atoms in total. The first kappa shape index (κ1) is 18.0. The quantitative estimate of drug-likeness (QED) is 0.831. The lowest BCUT2D eigenvalue weighted by Crippen LogP contribution is -2.44. The van der Waals surface area contributed by atoms with E-state index in [-0.39, 0.29) is 17.8 Å². The van der Waals surface area contributed by atoms with Crippen molar-refractivity contribution in [1.29, 1.82) is 0 Å². The minimum Gasteiger partial charge on any atom is -0.472 e. The van der Waals surface area contributed by atoms with Gasteiger partial charge in [0.05, 0.1) is 6.54 Å². The number of piperidine rings is 1. The second kappa shape index (κ2) is 7.59. The second-order valence-corrected chi connectivity index (χ2v) is 5.75. The van der Waals surface area contributed by atoms with Crippen LogP contribution < -0.4 is 9.47 Å². The van der Waals surface area contributed by atoms with Crippen LogP contribution in [0.2, 0.25) is 0 Å². The summed E-state index contributed by atoms with van der Waals surface area (Å²) in [6.07, 6.45) is -0.465. The molecule has 1 unspecified atom stereocenters. The van der Waals surface area contributed by atoms with Crippen molar-refractivity contribution >= 4 is 5.91 Å². The van der Waals surface area contributed by atoms with Crippen LogP contribution in [0.1, 0.15) is 23.2 Å². The Morgan fingerprint density at radius 1 is 1.19 bits per heavy atom. The average molecular weight is 367 g/mol. The first-order valence-electron chi connectivity index (χ1n) is 7.98. The van der Waals surface area contributed by atoms with Crippen LogP contribution in [0.25, 0.3) is 0 Å². The largest absolute Gasteiger partial charge is 0.573 e. The van der Waals surface area contributed by atoms with Gasteiger partial charge in [0, 0.05) is 24.4 Å². The zero-order valence-corrected chi connectivity index (χ0v) is 13.6. The van der Waals surface area contributed by atoms with E-state index in [1.54, 1.807) is 17.2 Å². The molecular weight excluding hydrogens is 351 g/mol. The summed E-state index contributed by atoms with van der Waals surface area (Å²) in [7, 11) is 0. The lowest BCUT2D eigenvalue weighted by molar-refractivity contribution is -0.274. The number of ether oxygens (including phenoxy) is 2. The van der Waals surface area contributed by atoms with Gasteiger partial charge in [0.15, 0.2) is 0 Å². The average Bonchev–Trinajstić information content (AvgIpc) is 2.61. The monoisotopic (exact) mass is 367 g/mol. The maximum atomic E-state index is 12.6. The van der Waals surface area contributed by atoms with Gasteiger partial charge in [-0.2, -0.15) is 0 Å². The van der Waals surface area contributed by atoms with E-state index in [9.17, 15) is 18.0 Å². The van der Waals surface area contributed by atoms with Crippen molar-refractivity contribution < 1.29 is 27.4 Å². The van der Waals surface area contributed by atoms with Crippen LogP contribution in [0.3, 0.4) is 0 Å². The van der Waals surface area contributed by atoms with Gasteiger partial charge in [0.1, 0.15) is 18.2 Å². The van der Waals surface area contributed by atoms with Gasteiger partial charge in [-0.25, -0.2) is 9.97 Å². The highest BCUT2D eigenvalue weighted by Gasteiger charge is 2.31. The lowest BCUT2D eigenvalue weighted by atomic mass is 10.1. The van der Waals surface area contributed by atoms with Crippen LogP contribution >= 0.6 is 0 Å². The summed E-state index contributed by atoms with van der Waals surface area (Å²) < 4.78 is 46.1. The number of amides is 1. The van der Waals surface area contributed by atoms with Gasteiger partial charge < -0.3 is 14.4 Å². The Balaban J connectivity index is 1.62. The van der Waals surface area contributed by atoms with Gasteiger partial charge in [-0.05, 0) is 37.1 Å². The normalized spacial score (nSPS) is 17.7. The zero-order chi connectivity index (χ0) is 18.6. The third kappa shape index (κ3) is 4.84. The molecule has 1 atom stereocenters. The molecule has 1 fully saturated rings. The van der Waals surface area contributed by atoms with Gasteiger partial charge in [-0.3, -0.25) is 4.79 Å². The molecule has 1 aliphatic heterocycles. The van der Waals surface area contributed by atoms with E-state index in [2.05, 4.69) is 14.7 Å². The Labute approximate surface area is 147 Å². The molecule has 2 heterocycles. The molecule has 138 valence electrons. The van der Waals surface area contributed by atoms with Crippen molar-refractivity contribution in [2.45, 2.75) is 25.3 Å². The smallest absolute Gasteiger partial charge is 0.472 e. The molecule has 9 heteroatoms. The fourth-order valence-corrected chi connectivity index (χ4v) is 2.72. The zero-order valence-electron chi connectivity index (χ0n) is 13.6. The Morgan fingerprint density at radius 3 is 2.62 bits per heavy atom. The SMILES string of the molecule is O=C(c1ccc(OC(F)(F)F)cc1)N1CCCC(Oc2ccncn2)C1. The first-order chi connectivity index (χ1) is 12.4. The van der Waals surface area contributed by atoms with E-state index in [0.717, 1.165) is 25.0 Å². The molecule has 0 bridgehead atoms. The molecule has 2 aromatic rings. The number of rotatable bonds is 4. The Kier molecular flexibility index (Phi) is 5.24. The van der Waals surface area contributed by atoms with Crippen LogP contribution in [0.5, 0.6) is 11.6 Å². The number of hydrogen-bond donors (Lipinski definition) is 0. The van der Waals surface area contributed by atoms with Gasteiger partial charge >= 0.3 is 6.36 Å². The molecule has 1 aliphatic rings. The molecule has 0 radical (unpaired) electrons. The number of carbonyl (C=O) groups excluding carboxylic acids is 1. The van der Waals surface area contributed by atoms with Crippen molar-refractivity contribution in [2.24, 2.45) is 0 Å². The number of alkyl halides is 3. The van der Waals surface area contributed by atoms with Gasteiger partial charge in [-0.1, -0.05) is 0 Å². The van der Waals surface area contributed by atoms with Crippen LogP contribution in [0.4, 0.5) is 13.2 Å². The van der Waals surface area contributed by atoms with Crippen molar-refractivity contribution in [3.05, 3.63) is 48.4 Å². The van der Waals surface area contributed by atoms with Crippen LogP contribution in [-0.2, 0) is 0 Å². The van der Waals surface area contributed by atoms with Crippen LogP contribution in [0.15, 0.2) is 42.9 Å². The molecule has 0 aliphatic carbocycles. The summed E-state index contributed by atoms with van der Waals surface area (Å²) in [5.74, 6) is -0.190. The summed E-state index contributed by atoms with van der Waals surface area (Å²) >= 11 is 0. The lowest BCUT2D eigenvalue weighted by Gasteiger charge is -2.32. The summed E-state index contributed by atoms with van der Waals surface area (Å²) in [6.45, 7) is 0.937. The summed E-state index contributed by atoms with van der Waals surface area (Å²) in [5.41, 5.74) is 0.294. The van der Waals surface area contributed by atoms with Crippen molar-refractivity contribution in [2.75, 3.05) is 13.1 Å². The Bertz CT molecular complexity index is 738. The van der Waals surface area contributed by atoms with Crippen LogP contribution in [-0.4, -0.2) is 46.3 Å². The standard InChI is InChI=1S/C17H16F3N3O3/c18-17(19,20)26-13-5-3-12(4-6-13)16(24)23-9-1-2-14(10-23)25-15-7-8-21-11-22-15/h3-8,11,14H,1-2,9-10H2. The third-order valence-electron chi connectivity index (χ3n) is 3.84.